The van der Waals surface area contributed by atoms with E-state index in [9.17, 15) is 0 Å². The van der Waals surface area contributed by atoms with Gasteiger partial charge in [-0.1, -0.05) is 12.1 Å². The maximum atomic E-state index is 5.95. The number of hydrogen-bond donors (Lipinski definition) is 2. The van der Waals surface area contributed by atoms with Gasteiger partial charge in [0.25, 0.3) is 0 Å². The highest BCUT2D eigenvalue weighted by atomic mass is 16.7. The molecule has 8 heteroatoms. The molecule has 4 atom stereocenters. The first-order valence-corrected chi connectivity index (χ1v) is 11.1. The standard InChI is InChI=1S/2C12H15NO3/c2*1-7(13)11-10-8(4-5-14-11)2-3-9-12(10)16-6-15-9/h2*2-3,7,11H,4-6,13H2,1H3/t7-,11+;7-,11-/m00/s1. The first-order valence-electron chi connectivity index (χ1n) is 11.1. The molecule has 2 aromatic carbocycles. The van der Waals surface area contributed by atoms with E-state index in [0.717, 1.165) is 60.2 Å². The van der Waals surface area contributed by atoms with Crippen LogP contribution in [0.15, 0.2) is 24.3 Å². The van der Waals surface area contributed by atoms with E-state index in [1.165, 1.54) is 11.1 Å². The molecule has 4 heterocycles. The molecule has 0 aliphatic carbocycles. The Labute approximate surface area is 187 Å². The Morgan fingerprint density at radius 3 is 1.53 bits per heavy atom. The molecule has 0 radical (unpaired) electrons. The maximum Gasteiger partial charge on any atom is 0.231 e. The normalized spacial score (nSPS) is 24.0. The minimum absolute atomic E-state index is 0.0465. The van der Waals surface area contributed by atoms with Gasteiger partial charge in [-0.3, -0.25) is 0 Å². The molecule has 6 rings (SSSR count). The lowest BCUT2D eigenvalue weighted by Crippen LogP contribution is -2.31. The van der Waals surface area contributed by atoms with Crippen LogP contribution in [-0.2, 0) is 22.3 Å². The fourth-order valence-corrected chi connectivity index (χ4v) is 4.72. The van der Waals surface area contributed by atoms with Crippen molar-refractivity contribution in [2.75, 3.05) is 26.8 Å². The van der Waals surface area contributed by atoms with Crippen LogP contribution < -0.4 is 30.4 Å². The van der Waals surface area contributed by atoms with Crippen LogP contribution in [-0.4, -0.2) is 38.9 Å². The summed E-state index contributed by atoms with van der Waals surface area (Å²) in [4.78, 5) is 0. The van der Waals surface area contributed by atoms with Crippen molar-refractivity contribution in [1.29, 1.82) is 0 Å². The van der Waals surface area contributed by atoms with E-state index in [1.54, 1.807) is 0 Å². The van der Waals surface area contributed by atoms with E-state index in [1.807, 2.05) is 26.0 Å². The Kier molecular flexibility index (Phi) is 5.86. The molecule has 32 heavy (non-hydrogen) atoms. The average molecular weight is 443 g/mol. The number of fused-ring (bicyclic) bond motifs is 6. The van der Waals surface area contributed by atoms with Gasteiger partial charge in [0.1, 0.15) is 12.2 Å². The van der Waals surface area contributed by atoms with E-state index in [-0.39, 0.29) is 37.9 Å². The zero-order chi connectivity index (χ0) is 22.2. The number of hydrogen-bond acceptors (Lipinski definition) is 8. The zero-order valence-corrected chi connectivity index (χ0v) is 18.5. The molecule has 172 valence electrons. The van der Waals surface area contributed by atoms with E-state index in [4.69, 9.17) is 39.9 Å². The van der Waals surface area contributed by atoms with Gasteiger partial charge < -0.3 is 39.9 Å². The summed E-state index contributed by atoms with van der Waals surface area (Å²) in [6.45, 7) is 5.93. The van der Waals surface area contributed by atoms with Crippen LogP contribution in [0.25, 0.3) is 0 Å². The summed E-state index contributed by atoms with van der Waals surface area (Å²) in [7, 11) is 0. The molecular weight excluding hydrogens is 412 g/mol. The van der Waals surface area contributed by atoms with Gasteiger partial charge in [0.2, 0.25) is 13.6 Å². The summed E-state index contributed by atoms with van der Waals surface area (Å²) in [6, 6.07) is 8.00. The minimum Gasteiger partial charge on any atom is -0.454 e. The van der Waals surface area contributed by atoms with Crippen LogP contribution in [0.2, 0.25) is 0 Å². The molecule has 0 saturated carbocycles. The predicted molar refractivity (Wildman–Crippen MR) is 117 cm³/mol. The predicted octanol–water partition coefficient (Wildman–Crippen LogP) is 2.75. The Balaban J connectivity index is 0.000000135. The molecule has 8 nitrogen and oxygen atoms in total. The van der Waals surface area contributed by atoms with Crippen molar-refractivity contribution in [3.63, 3.8) is 0 Å². The first kappa shape index (κ1) is 21.3. The third-order valence-corrected chi connectivity index (χ3v) is 6.20. The molecule has 4 N–H and O–H groups in total. The molecule has 0 bridgehead atoms. The van der Waals surface area contributed by atoms with Crippen molar-refractivity contribution in [2.24, 2.45) is 11.5 Å². The molecule has 0 spiro atoms. The van der Waals surface area contributed by atoms with Crippen molar-refractivity contribution in [3.8, 4) is 23.0 Å². The smallest absolute Gasteiger partial charge is 0.231 e. The summed E-state index contributed by atoms with van der Waals surface area (Å²) >= 11 is 0. The number of nitrogens with two attached hydrogens (primary N) is 2. The lowest BCUT2D eigenvalue weighted by Gasteiger charge is -2.29. The summed E-state index contributed by atoms with van der Waals surface area (Å²) < 4.78 is 33.2. The Morgan fingerprint density at radius 2 is 1.12 bits per heavy atom. The highest BCUT2D eigenvalue weighted by Gasteiger charge is 2.33. The van der Waals surface area contributed by atoms with Crippen molar-refractivity contribution >= 4 is 0 Å². The van der Waals surface area contributed by atoms with Crippen molar-refractivity contribution in [3.05, 3.63) is 46.5 Å². The molecule has 0 aromatic heterocycles. The largest absolute Gasteiger partial charge is 0.454 e. The third kappa shape index (κ3) is 3.77. The Morgan fingerprint density at radius 1 is 0.688 bits per heavy atom. The third-order valence-electron chi connectivity index (χ3n) is 6.20. The van der Waals surface area contributed by atoms with Crippen molar-refractivity contribution < 1.29 is 28.4 Å². The molecule has 4 aliphatic heterocycles. The fraction of sp³-hybridized carbons (Fsp3) is 0.500. The van der Waals surface area contributed by atoms with Gasteiger partial charge in [-0.2, -0.15) is 0 Å². The maximum absolute atomic E-state index is 5.95. The second kappa shape index (κ2) is 8.78. The van der Waals surface area contributed by atoms with Crippen LogP contribution in [0.4, 0.5) is 0 Å². The van der Waals surface area contributed by atoms with E-state index < -0.39 is 0 Å². The second-order valence-corrected chi connectivity index (χ2v) is 8.55. The lowest BCUT2D eigenvalue weighted by atomic mass is 9.93. The van der Waals surface area contributed by atoms with E-state index in [2.05, 4.69) is 12.1 Å². The summed E-state index contributed by atoms with van der Waals surface area (Å²) in [5, 5.41) is 0. The average Bonchev–Trinajstić information content (AvgIpc) is 3.47. The highest BCUT2D eigenvalue weighted by Crippen LogP contribution is 2.45. The van der Waals surface area contributed by atoms with Crippen LogP contribution >= 0.6 is 0 Å². The molecular formula is C24H30N2O6. The lowest BCUT2D eigenvalue weighted by molar-refractivity contribution is 0.0262. The van der Waals surface area contributed by atoms with Gasteiger partial charge in [0.05, 0.1) is 13.2 Å². The quantitative estimate of drug-likeness (QED) is 0.731. The molecule has 0 saturated heterocycles. The minimum atomic E-state index is -0.0830. The Bertz CT molecular complexity index is 913. The van der Waals surface area contributed by atoms with Gasteiger partial charge >= 0.3 is 0 Å². The second-order valence-electron chi connectivity index (χ2n) is 8.55. The van der Waals surface area contributed by atoms with Crippen LogP contribution in [0, 0.1) is 0 Å². The van der Waals surface area contributed by atoms with Crippen LogP contribution in [0.3, 0.4) is 0 Å². The Hall–Kier alpha value is -2.52. The molecule has 4 aliphatic rings. The van der Waals surface area contributed by atoms with E-state index in [0.29, 0.717) is 0 Å². The van der Waals surface area contributed by atoms with Gasteiger partial charge in [0.15, 0.2) is 23.0 Å². The van der Waals surface area contributed by atoms with Crippen LogP contribution in [0.1, 0.15) is 48.3 Å². The van der Waals surface area contributed by atoms with Gasteiger partial charge in [-0.25, -0.2) is 0 Å². The molecule has 0 fully saturated rings. The monoisotopic (exact) mass is 442 g/mol. The van der Waals surface area contributed by atoms with Gasteiger partial charge in [-0.05, 0) is 49.9 Å². The van der Waals surface area contributed by atoms with Crippen molar-refractivity contribution in [1.82, 2.24) is 0 Å². The first-order chi connectivity index (χ1) is 15.5. The number of rotatable bonds is 2. The van der Waals surface area contributed by atoms with Crippen LogP contribution in [0.5, 0.6) is 23.0 Å². The summed E-state index contributed by atoms with van der Waals surface area (Å²) in [6.07, 6.45) is 1.66. The number of ether oxygens (including phenoxy) is 6. The highest BCUT2D eigenvalue weighted by molar-refractivity contribution is 5.55. The SMILES string of the molecule is C[C@H](N)[C@@H]1OCCc2ccc3c(c21)OCO3.C[C@H](N)[C@H]1OCCc2ccc3c(c21)OCO3. The molecule has 2 aromatic rings. The van der Waals surface area contributed by atoms with Gasteiger partial charge in [0, 0.05) is 23.2 Å². The number of benzene rings is 2. The van der Waals surface area contributed by atoms with Gasteiger partial charge in [-0.15, -0.1) is 0 Å². The summed E-state index contributed by atoms with van der Waals surface area (Å²) in [5.41, 5.74) is 16.6. The van der Waals surface area contributed by atoms with Crippen molar-refractivity contribution in [2.45, 2.75) is 51.0 Å². The van der Waals surface area contributed by atoms with E-state index >= 15 is 0 Å². The fourth-order valence-electron chi connectivity index (χ4n) is 4.72. The molecule has 0 amide bonds. The zero-order valence-electron chi connectivity index (χ0n) is 18.5. The summed E-state index contributed by atoms with van der Waals surface area (Å²) in [5.74, 6) is 3.24. The molecule has 0 unspecified atom stereocenters. The topological polar surface area (TPSA) is 107 Å².